The molecule has 0 aromatic rings. The minimum Gasteiger partial charge on any atom is -0.494 e. The maximum absolute atomic E-state index is 12.0. The van der Waals surface area contributed by atoms with Gasteiger partial charge in [0, 0.05) is 19.9 Å². The van der Waals surface area contributed by atoms with Crippen LogP contribution in [0, 0.1) is 5.41 Å². The Bertz CT molecular complexity index is 487. The summed E-state index contributed by atoms with van der Waals surface area (Å²) in [5.74, 6) is -0.875. The van der Waals surface area contributed by atoms with Crippen LogP contribution in [0.5, 0.6) is 0 Å². The van der Waals surface area contributed by atoms with E-state index >= 15 is 0 Å². The quantitative estimate of drug-likeness (QED) is 0.597. The minimum absolute atomic E-state index is 0.0105. The molecule has 0 N–H and O–H groups in total. The van der Waals surface area contributed by atoms with Gasteiger partial charge in [0.05, 0.1) is 11.2 Å². The maximum Gasteiger partial charge on any atom is 0.456 e. The molecule has 26 heavy (non-hydrogen) atoms. The molecule has 8 heteroatoms. The molecule has 0 bridgehead atoms. The highest BCUT2D eigenvalue weighted by atomic mass is 29.3. The largest absolute Gasteiger partial charge is 0.494 e. The fourth-order valence-corrected chi connectivity index (χ4v) is 12.9. The summed E-state index contributed by atoms with van der Waals surface area (Å²) in [6, 6.07) is 0.521. The highest BCUT2D eigenvalue weighted by molar-refractivity contribution is 7.23. The van der Waals surface area contributed by atoms with Crippen LogP contribution in [-0.2, 0) is 27.3 Å². The lowest BCUT2D eigenvalue weighted by Gasteiger charge is -2.41. The maximum atomic E-state index is 12.0. The molecule has 0 aliphatic heterocycles. The van der Waals surface area contributed by atoms with E-state index in [0.717, 1.165) is 6.42 Å². The first kappa shape index (κ1) is 25.3. The van der Waals surface area contributed by atoms with Crippen LogP contribution >= 0.6 is 0 Å². The summed E-state index contributed by atoms with van der Waals surface area (Å²) in [5, 5.41) is 0. The topological polar surface area (TPSA) is 71.1 Å². The minimum atomic E-state index is -3.28. The van der Waals surface area contributed by atoms with Crippen LogP contribution in [0.2, 0.25) is 6.04 Å². The lowest BCUT2D eigenvalue weighted by atomic mass is 9.94. The van der Waals surface area contributed by atoms with Crippen molar-refractivity contribution >= 4 is 28.8 Å². The van der Waals surface area contributed by atoms with Gasteiger partial charge < -0.3 is 17.7 Å². The summed E-state index contributed by atoms with van der Waals surface area (Å²) in [6.07, 6.45) is 0.765. The van der Waals surface area contributed by atoms with Crippen LogP contribution in [0.4, 0.5) is 0 Å². The van der Waals surface area contributed by atoms with E-state index in [1.54, 1.807) is 0 Å². The van der Waals surface area contributed by atoms with E-state index < -0.39 is 40.0 Å². The zero-order chi connectivity index (χ0) is 21.0. The smallest absolute Gasteiger partial charge is 0.456 e. The lowest BCUT2D eigenvalue weighted by Crippen LogP contribution is -2.64. The van der Waals surface area contributed by atoms with Crippen LogP contribution in [0.25, 0.3) is 0 Å². The van der Waals surface area contributed by atoms with E-state index in [1.807, 2.05) is 41.5 Å². The van der Waals surface area contributed by atoms with Crippen LogP contribution in [-0.4, -0.2) is 40.0 Å². The van der Waals surface area contributed by atoms with Crippen molar-refractivity contribution in [1.82, 2.24) is 0 Å². The molecule has 0 saturated heterocycles. The second-order valence-electron chi connectivity index (χ2n) is 9.85. The van der Waals surface area contributed by atoms with Crippen molar-refractivity contribution in [2.45, 2.75) is 99.8 Å². The summed E-state index contributed by atoms with van der Waals surface area (Å²) in [7, 11) is -6.07. The Morgan fingerprint density at radius 3 is 1.65 bits per heavy atom. The monoisotopic (exact) mass is 406 g/mol. The van der Waals surface area contributed by atoms with Gasteiger partial charge in [0.15, 0.2) is 0 Å². The predicted molar refractivity (Wildman–Crippen MR) is 107 cm³/mol. The lowest BCUT2D eigenvalue weighted by molar-refractivity contribution is -0.137. The molecule has 0 aliphatic rings. The van der Waals surface area contributed by atoms with Gasteiger partial charge in [-0.3, -0.25) is 9.59 Å². The van der Waals surface area contributed by atoms with Crippen molar-refractivity contribution in [3.63, 3.8) is 0 Å². The Hall–Kier alpha value is -0.706. The molecule has 0 heterocycles. The van der Waals surface area contributed by atoms with Crippen molar-refractivity contribution in [3.8, 4) is 0 Å². The van der Waals surface area contributed by atoms with Crippen molar-refractivity contribution in [2.24, 2.45) is 5.41 Å². The van der Waals surface area contributed by atoms with Gasteiger partial charge in [-0.1, -0.05) is 20.8 Å². The first-order valence-corrected chi connectivity index (χ1v) is 13.9. The molecule has 2 unspecified atom stereocenters. The average Bonchev–Trinajstić information content (AvgIpc) is 2.29. The second kappa shape index (κ2) is 8.99. The molecular formula is C18H38O6Si2. The Morgan fingerprint density at radius 1 is 0.846 bits per heavy atom. The molecule has 0 fully saturated rings. The molecule has 0 saturated carbocycles. The van der Waals surface area contributed by atoms with Gasteiger partial charge >= 0.3 is 16.9 Å². The van der Waals surface area contributed by atoms with E-state index in [9.17, 15) is 9.59 Å². The molecule has 0 spiro atoms. The van der Waals surface area contributed by atoms with Gasteiger partial charge in [-0.25, -0.2) is 0 Å². The van der Waals surface area contributed by atoms with Crippen molar-refractivity contribution in [3.05, 3.63) is 0 Å². The highest BCUT2D eigenvalue weighted by Gasteiger charge is 2.59. The number of carbonyl (C=O) groups excluding carboxylic acids is 2. The van der Waals surface area contributed by atoms with Crippen molar-refractivity contribution in [1.29, 1.82) is 0 Å². The summed E-state index contributed by atoms with van der Waals surface area (Å²) in [6.45, 7) is 20.5. The molecule has 2 atom stereocenters. The Morgan fingerprint density at radius 2 is 1.35 bits per heavy atom. The first-order chi connectivity index (χ1) is 11.4. The Labute approximate surface area is 161 Å². The van der Waals surface area contributed by atoms with Crippen molar-refractivity contribution in [2.75, 3.05) is 0 Å². The normalized spacial score (nSPS) is 16.6. The number of carbonyl (C=O) groups is 2. The van der Waals surface area contributed by atoms with Gasteiger partial charge in [-0.15, -0.1) is 0 Å². The number of rotatable bonds is 7. The van der Waals surface area contributed by atoms with Crippen LogP contribution in [0.15, 0.2) is 0 Å². The third-order valence-corrected chi connectivity index (χ3v) is 12.3. The molecule has 6 nitrogen and oxygen atoms in total. The van der Waals surface area contributed by atoms with E-state index in [-0.39, 0.29) is 5.41 Å². The second-order valence-corrected chi connectivity index (χ2v) is 17.6. The van der Waals surface area contributed by atoms with E-state index in [0.29, 0.717) is 6.04 Å². The number of hydrogen-bond donors (Lipinski definition) is 0. The SMILES string of the molecule is CC(=O)O[SiH](OC(C)(C)C)[Si](CCC(C)(C)C)(OC(C)=O)OC(C)(C)C. The third kappa shape index (κ3) is 11.1. The summed E-state index contributed by atoms with van der Waals surface area (Å²) < 4.78 is 24.1. The average molecular weight is 407 g/mol. The Kier molecular flexibility index (Phi) is 8.74. The van der Waals surface area contributed by atoms with E-state index in [4.69, 9.17) is 17.7 Å². The standard InChI is InChI=1S/C18H38O6Si2/c1-14(19)21-25(23-17(6,7)8)26(22-15(2)20,24-18(9,10)11)13-12-16(3,4)5/h25H,12-13H2,1-11H3. The zero-order valence-corrected chi connectivity index (χ0v) is 20.6. The zero-order valence-electron chi connectivity index (χ0n) is 18.4. The fourth-order valence-electron chi connectivity index (χ4n) is 2.32. The molecule has 0 aromatic heterocycles. The predicted octanol–water partition coefficient (Wildman–Crippen LogP) is 3.92. The number of hydrogen-bond acceptors (Lipinski definition) is 6. The highest BCUT2D eigenvalue weighted by Crippen LogP contribution is 2.33. The first-order valence-electron chi connectivity index (χ1n) is 9.10. The molecule has 0 rings (SSSR count). The molecule has 0 aliphatic carbocycles. The molecular weight excluding hydrogens is 368 g/mol. The van der Waals surface area contributed by atoms with Crippen molar-refractivity contribution < 1.29 is 27.3 Å². The van der Waals surface area contributed by atoms with Gasteiger partial charge in [0.1, 0.15) is 0 Å². The van der Waals surface area contributed by atoms with E-state index in [1.165, 1.54) is 13.8 Å². The van der Waals surface area contributed by atoms with Crippen LogP contribution < -0.4 is 0 Å². The van der Waals surface area contributed by atoms with Gasteiger partial charge in [-0.05, 0) is 53.4 Å². The summed E-state index contributed by atoms with van der Waals surface area (Å²) in [5.41, 5.74) is -1.10. The molecule has 0 aromatic carbocycles. The Balaban J connectivity index is 6.16. The van der Waals surface area contributed by atoms with E-state index in [2.05, 4.69) is 20.8 Å². The van der Waals surface area contributed by atoms with Gasteiger partial charge in [0.25, 0.3) is 11.9 Å². The van der Waals surface area contributed by atoms with Crippen LogP contribution in [0.1, 0.15) is 82.6 Å². The molecule has 0 radical (unpaired) electrons. The fraction of sp³-hybridized carbons (Fsp3) is 0.889. The molecule has 154 valence electrons. The van der Waals surface area contributed by atoms with Gasteiger partial charge in [0.2, 0.25) is 0 Å². The molecule has 0 amide bonds. The third-order valence-electron chi connectivity index (χ3n) is 3.11. The van der Waals surface area contributed by atoms with Gasteiger partial charge in [-0.2, -0.15) is 0 Å². The summed E-state index contributed by atoms with van der Waals surface area (Å²) in [4.78, 5) is 23.8. The summed E-state index contributed by atoms with van der Waals surface area (Å²) >= 11 is 0. The van der Waals surface area contributed by atoms with Crippen LogP contribution in [0.3, 0.4) is 0 Å².